The van der Waals surface area contributed by atoms with Crippen LogP contribution >= 0.6 is 23.1 Å². The fraction of sp³-hybridized carbons (Fsp3) is 0.455. The Labute approximate surface area is 190 Å². The molecule has 0 unspecified atom stereocenters. The number of imide groups is 1. The number of carbonyl (C=O) groups excluding carboxylic acids is 2. The van der Waals surface area contributed by atoms with Gasteiger partial charge >= 0.3 is 10.8 Å². The number of likely N-dealkylation sites (tertiary alicyclic amines) is 1. The number of nitrogens with one attached hydrogen (secondary N) is 1. The van der Waals surface area contributed by atoms with Crippen LogP contribution in [0.3, 0.4) is 0 Å². The number of hydrogen-bond acceptors (Lipinski definition) is 7. The number of rotatable bonds is 3. The van der Waals surface area contributed by atoms with E-state index in [0.717, 1.165) is 31.7 Å². The minimum absolute atomic E-state index is 0.000408. The van der Waals surface area contributed by atoms with Crippen molar-refractivity contribution in [2.45, 2.75) is 35.6 Å². The van der Waals surface area contributed by atoms with E-state index in [1.54, 1.807) is 23.9 Å². The number of hydrogen-bond donors (Lipinski definition) is 3. The van der Waals surface area contributed by atoms with E-state index in [4.69, 9.17) is 0 Å². The molecule has 1 saturated heterocycles. The molecule has 8 nitrogen and oxygen atoms in total. The topological polar surface area (TPSA) is 128 Å². The van der Waals surface area contributed by atoms with E-state index >= 15 is 0 Å². The maximum absolute atomic E-state index is 13.3. The Morgan fingerprint density at radius 3 is 2.53 bits per heavy atom. The molecule has 0 radical (unpaired) electrons. The first kappa shape index (κ1) is 20.0. The summed E-state index contributed by atoms with van der Waals surface area (Å²) in [6.07, 6.45) is 0.716. The third-order valence-electron chi connectivity index (χ3n) is 7.77. The van der Waals surface area contributed by atoms with Crippen molar-refractivity contribution in [2.24, 2.45) is 29.6 Å². The largest absolute Gasteiger partial charge is 0.508 e. The second-order valence-electron chi connectivity index (χ2n) is 9.08. The van der Waals surface area contributed by atoms with Gasteiger partial charge in [0.2, 0.25) is 11.8 Å². The maximum Gasteiger partial charge on any atom is 0.326 e. The number of phenolic OH excluding ortho intramolecular Hbond substituents is 1. The Hall–Kier alpha value is -2.59. The molecule has 10 heteroatoms. The second-order valence-corrected chi connectivity index (χ2v) is 11.3. The highest BCUT2D eigenvalue weighted by Gasteiger charge is 2.70. The van der Waals surface area contributed by atoms with Crippen LogP contribution in [0.2, 0.25) is 0 Å². The summed E-state index contributed by atoms with van der Waals surface area (Å²) < 4.78 is 0. The van der Waals surface area contributed by atoms with Gasteiger partial charge in [0, 0.05) is 21.6 Å². The first-order valence-corrected chi connectivity index (χ1v) is 12.3. The molecular weight excluding hydrogens is 452 g/mol. The Morgan fingerprint density at radius 1 is 1.16 bits per heavy atom. The predicted molar refractivity (Wildman–Crippen MR) is 116 cm³/mol. The smallest absolute Gasteiger partial charge is 0.326 e. The third-order valence-corrected chi connectivity index (χ3v) is 10.4. The molecule has 0 spiro atoms. The molecule has 32 heavy (non-hydrogen) atoms. The van der Waals surface area contributed by atoms with Gasteiger partial charge in [0.25, 0.3) is 0 Å². The van der Waals surface area contributed by atoms with Crippen LogP contribution in [0.15, 0.2) is 34.1 Å². The van der Waals surface area contributed by atoms with Crippen LogP contribution in [0.1, 0.15) is 29.7 Å². The van der Waals surface area contributed by atoms with Gasteiger partial charge in [0.05, 0.1) is 16.9 Å². The van der Waals surface area contributed by atoms with Crippen molar-refractivity contribution in [2.75, 3.05) is 0 Å². The van der Waals surface area contributed by atoms with Gasteiger partial charge < -0.3 is 15.2 Å². The summed E-state index contributed by atoms with van der Waals surface area (Å²) in [7, 11) is 0. The van der Waals surface area contributed by atoms with Gasteiger partial charge in [0.1, 0.15) is 11.8 Å². The molecule has 2 aliphatic heterocycles. The summed E-state index contributed by atoms with van der Waals surface area (Å²) >= 11 is 2.69. The Bertz CT molecular complexity index is 1240. The number of carboxylic acid groups (broad SMARTS) is 1. The van der Waals surface area contributed by atoms with Crippen LogP contribution in [0.4, 0.5) is 0 Å². The SMILES string of the molecule is C[C@H](C(=O)O)N1C(=O)[C@@H]2[C@H]3C[C@@H]([C@@H]2C1=O)[C@@H]1[C@@H](c2ccccc2O)c2sc(=O)[nH]c2S[C@@H]31. The van der Waals surface area contributed by atoms with E-state index in [1.165, 1.54) is 6.92 Å². The number of thiazole rings is 1. The quantitative estimate of drug-likeness (QED) is 0.584. The standard InChI is InChI=1S/C22H20N2O6S2/c1-7(21(28)29)24-19(26)14-9-6-10(15(14)20(24)27)16-13(9)12(8-4-2-3-5-11(8)25)17-18(31-16)23-22(30)32-17/h2-5,7,9-10,12-16,25H,6H2,1H3,(H,23,30)(H,28,29)/t7-,9-,10-,12-,13-,14+,15-,16+/m1/s1. The summed E-state index contributed by atoms with van der Waals surface area (Å²) in [6, 6.07) is 5.87. The summed E-state index contributed by atoms with van der Waals surface area (Å²) in [4.78, 5) is 54.8. The van der Waals surface area contributed by atoms with Crippen molar-refractivity contribution in [3.63, 3.8) is 0 Å². The number of phenols is 1. The van der Waals surface area contributed by atoms with Crippen LogP contribution < -0.4 is 4.87 Å². The number of aromatic hydroxyl groups is 1. The minimum atomic E-state index is -1.20. The van der Waals surface area contributed by atoms with Gasteiger partial charge in [0.15, 0.2) is 0 Å². The number of fused-ring (bicyclic) bond motifs is 9. The molecule has 2 bridgehead atoms. The van der Waals surface area contributed by atoms with Crippen molar-refractivity contribution in [1.29, 1.82) is 0 Å². The highest BCUT2D eigenvalue weighted by atomic mass is 32.2. The predicted octanol–water partition coefficient (Wildman–Crippen LogP) is 2.09. The number of aromatic amines is 1. The van der Waals surface area contributed by atoms with E-state index in [9.17, 15) is 29.4 Å². The molecule has 8 atom stereocenters. The molecule has 2 aromatic rings. The molecule has 4 aliphatic rings. The summed E-state index contributed by atoms with van der Waals surface area (Å²) in [6.45, 7) is 1.37. The number of aliphatic carboxylic acids is 1. The van der Waals surface area contributed by atoms with Crippen molar-refractivity contribution >= 4 is 40.9 Å². The van der Waals surface area contributed by atoms with Gasteiger partial charge in [-0.1, -0.05) is 29.5 Å². The average molecular weight is 473 g/mol. The second kappa shape index (κ2) is 6.71. The third kappa shape index (κ3) is 2.45. The fourth-order valence-electron chi connectivity index (χ4n) is 6.63. The summed E-state index contributed by atoms with van der Waals surface area (Å²) in [5, 5.41) is 20.9. The first-order chi connectivity index (χ1) is 15.3. The minimum Gasteiger partial charge on any atom is -0.508 e. The lowest BCUT2D eigenvalue weighted by atomic mass is 9.68. The van der Waals surface area contributed by atoms with E-state index in [-0.39, 0.29) is 45.5 Å². The number of H-pyrrole nitrogens is 1. The van der Waals surface area contributed by atoms with Crippen LogP contribution in [0, 0.1) is 29.6 Å². The zero-order valence-corrected chi connectivity index (χ0v) is 18.6. The van der Waals surface area contributed by atoms with Gasteiger partial charge in [-0.15, -0.1) is 11.8 Å². The monoisotopic (exact) mass is 472 g/mol. The van der Waals surface area contributed by atoms with Crippen molar-refractivity contribution in [3.05, 3.63) is 44.4 Å². The molecule has 166 valence electrons. The van der Waals surface area contributed by atoms with Crippen LogP contribution in [-0.2, 0) is 14.4 Å². The van der Waals surface area contributed by atoms with Crippen LogP contribution in [0.25, 0.3) is 0 Å². The fourth-order valence-corrected chi connectivity index (χ4v) is 9.51. The molecule has 1 aromatic heterocycles. The molecule has 3 heterocycles. The molecule has 1 aromatic carbocycles. The number of carboxylic acids is 1. The normalized spacial score (nSPS) is 35.5. The lowest BCUT2D eigenvalue weighted by Gasteiger charge is -2.43. The van der Waals surface area contributed by atoms with Crippen molar-refractivity contribution in [3.8, 4) is 5.75 Å². The molecule has 3 N–H and O–H groups in total. The zero-order chi connectivity index (χ0) is 22.5. The van der Waals surface area contributed by atoms with Crippen molar-refractivity contribution < 1.29 is 24.6 Å². The molecular formula is C22H20N2O6S2. The van der Waals surface area contributed by atoms with Gasteiger partial charge in [-0.05, 0) is 37.2 Å². The maximum atomic E-state index is 13.3. The number of aromatic nitrogens is 1. The lowest BCUT2D eigenvalue weighted by Crippen LogP contribution is -2.44. The zero-order valence-electron chi connectivity index (χ0n) is 16.9. The van der Waals surface area contributed by atoms with Gasteiger partial charge in [-0.25, -0.2) is 4.79 Å². The van der Waals surface area contributed by atoms with E-state index in [0.29, 0.717) is 6.42 Å². The number of amides is 2. The Morgan fingerprint density at radius 2 is 1.84 bits per heavy atom. The molecule has 2 saturated carbocycles. The van der Waals surface area contributed by atoms with E-state index in [2.05, 4.69) is 4.98 Å². The average Bonchev–Trinajstić information content (AvgIpc) is 3.47. The first-order valence-electron chi connectivity index (χ1n) is 10.6. The number of nitrogens with zero attached hydrogens (tertiary/aromatic N) is 1. The summed E-state index contributed by atoms with van der Waals surface area (Å²) in [5.74, 6) is -3.36. The highest BCUT2D eigenvalue weighted by molar-refractivity contribution is 8.00. The number of benzene rings is 1. The molecule has 6 rings (SSSR count). The lowest BCUT2D eigenvalue weighted by molar-refractivity contribution is -0.154. The Kier molecular flexibility index (Phi) is 4.20. The molecule has 2 aliphatic carbocycles. The van der Waals surface area contributed by atoms with E-state index in [1.807, 2.05) is 12.1 Å². The highest BCUT2D eigenvalue weighted by Crippen LogP contribution is 2.69. The van der Waals surface area contributed by atoms with Crippen molar-refractivity contribution in [1.82, 2.24) is 9.88 Å². The number of carbonyl (C=O) groups is 3. The Balaban J connectivity index is 1.47. The number of thioether (sulfide) groups is 1. The van der Waals surface area contributed by atoms with Crippen LogP contribution in [0.5, 0.6) is 5.75 Å². The van der Waals surface area contributed by atoms with E-state index < -0.39 is 29.8 Å². The van der Waals surface area contributed by atoms with Crippen LogP contribution in [-0.4, -0.2) is 49.2 Å². The molecule has 2 amide bonds. The summed E-state index contributed by atoms with van der Waals surface area (Å²) in [5.41, 5.74) is 0.718. The van der Waals surface area contributed by atoms with Gasteiger partial charge in [-0.3, -0.25) is 19.3 Å². The van der Waals surface area contributed by atoms with Gasteiger partial charge in [-0.2, -0.15) is 0 Å². The number of para-hydroxylation sites is 1. The molecule has 3 fully saturated rings.